The number of rotatable bonds is 3. The van der Waals surface area contributed by atoms with Gasteiger partial charge in [0.1, 0.15) is 0 Å². The maximum Gasteiger partial charge on any atom is 0.0277 e. The van der Waals surface area contributed by atoms with Gasteiger partial charge in [-0.1, -0.05) is 13.8 Å². The number of aliphatic imine (C=N–C) groups is 1. The summed E-state index contributed by atoms with van der Waals surface area (Å²) >= 11 is 0. The number of nitrogens with zero attached hydrogens (tertiary/aromatic N) is 1. The summed E-state index contributed by atoms with van der Waals surface area (Å²) in [6, 6.07) is 0. The van der Waals surface area contributed by atoms with Crippen molar-refractivity contribution in [3.63, 3.8) is 0 Å². The normalized spacial score (nSPS) is 13.9. The lowest BCUT2D eigenvalue weighted by Gasteiger charge is -2.01. The van der Waals surface area contributed by atoms with E-state index < -0.39 is 0 Å². The van der Waals surface area contributed by atoms with E-state index in [1.165, 1.54) is 0 Å². The summed E-state index contributed by atoms with van der Waals surface area (Å²) in [5, 5.41) is 0. The molecule has 0 saturated carbocycles. The van der Waals surface area contributed by atoms with Crippen molar-refractivity contribution in [1.29, 1.82) is 0 Å². The van der Waals surface area contributed by atoms with Crippen molar-refractivity contribution in [2.24, 2.45) is 10.7 Å². The van der Waals surface area contributed by atoms with Gasteiger partial charge in [-0.2, -0.15) is 0 Å². The second-order valence-electron chi connectivity index (χ2n) is 2.14. The fraction of sp³-hybridized carbons (Fsp3) is 0.625. The van der Waals surface area contributed by atoms with E-state index in [1.54, 1.807) is 7.05 Å². The van der Waals surface area contributed by atoms with Crippen molar-refractivity contribution in [1.82, 2.24) is 0 Å². The highest BCUT2D eigenvalue weighted by molar-refractivity contribution is 5.79. The molecular weight excluding hydrogens is 124 g/mol. The highest BCUT2D eigenvalue weighted by Gasteiger charge is 1.93. The van der Waals surface area contributed by atoms with Crippen LogP contribution in [0.5, 0.6) is 0 Å². The Labute approximate surface area is 62.8 Å². The molecule has 0 heterocycles. The Morgan fingerprint density at radius 3 is 2.30 bits per heavy atom. The van der Waals surface area contributed by atoms with Gasteiger partial charge < -0.3 is 5.73 Å². The molecule has 2 nitrogen and oxygen atoms in total. The van der Waals surface area contributed by atoms with E-state index in [-0.39, 0.29) is 0 Å². The summed E-state index contributed by atoms with van der Waals surface area (Å²) in [7, 11) is 1.76. The molecule has 0 rings (SSSR count). The van der Waals surface area contributed by atoms with Gasteiger partial charge in [-0.15, -0.1) is 0 Å². The molecule has 0 amide bonds. The maximum atomic E-state index is 5.70. The first-order chi connectivity index (χ1) is 4.76. The molecule has 58 valence electrons. The summed E-state index contributed by atoms with van der Waals surface area (Å²) in [4.78, 5) is 3.91. The van der Waals surface area contributed by atoms with E-state index in [0.29, 0.717) is 0 Å². The number of hydrogen-bond donors (Lipinski definition) is 1. The smallest absolute Gasteiger partial charge is 0.0277 e. The highest BCUT2D eigenvalue weighted by atomic mass is 14.7. The molecular formula is C8H16N2. The van der Waals surface area contributed by atoms with Crippen LogP contribution >= 0.6 is 0 Å². The quantitative estimate of drug-likeness (QED) is 0.595. The predicted octanol–water partition coefficient (Wildman–Crippen LogP) is 1.72. The first-order valence-electron chi connectivity index (χ1n) is 3.65. The molecule has 0 aliphatic carbocycles. The molecule has 0 aromatic heterocycles. The summed E-state index contributed by atoms with van der Waals surface area (Å²) in [6.07, 6.45) is 3.71. The number of nitrogens with two attached hydrogens (primary N) is 1. The van der Waals surface area contributed by atoms with Crippen molar-refractivity contribution in [3.8, 4) is 0 Å². The minimum absolute atomic E-state index is 0.912. The Hall–Kier alpha value is -0.790. The molecule has 0 aliphatic heterocycles. The van der Waals surface area contributed by atoms with Gasteiger partial charge in [0, 0.05) is 19.0 Å². The fourth-order valence-corrected chi connectivity index (χ4v) is 0.784. The first kappa shape index (κ1) is 9.21. The molecule has 0 bridgehead atoms. The number of hydrogen-bond acceptors (Lipinski definition) is 2. The zero-order valence-corrected chi connectivity index (χ0v) is 7.02. The topological polar surface area (TPSA) is 38.4 Å². The zero-order valence-electron chi connectivity index (χ0n) is 7.02. The lowest BCUT2D eigenvalue weighted by molar-refractivity contribution is 1.01. The summed E-state index contributed by atoms with van der Waals surface area (Å²) in [5.41, 5.74) is 7.81. The Bertz CT molecular complexity index is 145. The lowest BCUT2D eigenvalue weighted by Crippen LogP contribution is -2.01. The Morgan fingerprint density at radius 2 is 2.00 bits per heavy atom. The lowest BCUT2D eigenvalue weighted by atomic mass is 10.1. The van der Waals surface area contributed by atoms with E-state index >= 15 is 0 Å². The minimum Gasteiger partial charge on any atom is -0.402 e. The molecule has 0 aliphatic rings. The van der Waals surface area contributed by atoms with Crippen molar-refractivity contribution in [2.75, 3.05) is 7.05 Å². The summed E-state index contributed by atoms with van der Waals surface area (Å²) in [6.45, 7) is 4.13. The molecule has 0 radical (unpaired) electrons. The third kappa shape index (κ3) is 2.67. The van der Waals surface area contributed by atoms with E-state index in [1.807, 2.05) is 6.21 Å². The third-order valence-electron chi connectivity index (χ3n) is 1.46. The van der Waals surface area contributed by atoms with Gasteiger partial charge in [0.15, 0.2) is 0 Å². The van der Waals surface area contributed by atoms with Crippen LogP contribution in [-0.2, 0) is 0 Å². The van der Waals surface area contributed by atoms with Crippen LogP contribution in [0.4, 0.5) is 0 Å². The average molecular weight is 140 g/mol. The highest BCUT2D eigenvalue weighted by Crippen LogP contribution is 2.03. The van der Waals surface area contributed by atoms with E-state index in [2.05, 4.69) is 18.8 Å². The molecule has 0 aromatic rings. The molecule has 0 spiro atoms. The van der Waals surface area contributed by atoms with Gasteiger partial charge in [0.25, 0.3) is 0 Å². The monoisotopic (exact) mass is 140 g/mol. The SMILES string of the molecule is CCC(N)=C(C=NC)CC. The third-order valence-corrected chi connectivity index (χ3v) is 1.46. The van der Waals surface area contributed by atoms with Crippen molar-refractivity contribution >= 4 is 6.21 Å². The van der Waals surface area contributed by atoms with Crippen LogP contribution in [0.1, 0.15) is 26.7 Å². The van der Waals surface area contributed by atoms with Gasteiger partial charge in [-0.25, -0.2) is 0 Å². The largest absolute Gasteiger partial charge is 0.402 e. The molecule has 2 N–H and O–H groups in total. The van der Waals surface area contributed by atoms with E-state index in [0.717, 1.165) is 24.1 Å². The molecule has 2 heteroatoms. The second-order valence-corrected chi connectivity index (χ2v) is 2.14. The molecule has 10 heavy (non-hydrogen) atoms. The number of allylic oxidation sites excluding steroid dienone is 2. The Balaban J connectivity index is 4.29. The van der Waals surface area contributed by atoms with Gasteiger partial charge in [-0.3, -0.25) is 4.99 Å². The molecule has 0 saturated heterocycles. The van der Waals surface area contributed by atoms with Crippen molar-refractivity contribution < 1.29 is 0 Å². The Morgan fingerprint density at radius 1 is 1.40 bits per heavy atom. The average Bonchev–Trinajstić information content (AvgIpc) is 1.99. The summed E-state index contributed by atoms with van der Waals surface area (Å²) in [5.74, 6) is 0. The first-order valence-corrected chi connectivity index (χ1v) is 3.65. The standard InChI is InChI=1S/C8H16N2/c1-4-7(6-10-3)8(9)5-2/h6H,4-5,9H2,1-3H3. The Kier molecular flexibility index (Phi) is 4.63. The zero-order chi connectivity index (χ0) is 7.98. The van der Waals surface area contributed by atoms with Gasteiger partial charge >= 0.3 is 0 Å². The van der Waals surface area contributed by atoms with Crippen LogP contribution in [-0.4, -0.2) is 13.3 Å². The van der Waals surface area contributed by atoms with Crippen molar-refractivity contribution in [2.45, 2.75) is 26.7 Å². The van der Waals surface area contributed by atoms with Crippen molar-refractivity contribution in [3.05, 3.63) is 11.3 Å². The van der Waals surface area contributed by atoms with Crippen LogP contribution in [0.25, 0.3) is 0 Å². The van der Waals surface area contributed by atoms with Crippen LogP contribution in [0.15, 0.2) is 16.3 Å². The predicted molar refractivity (Wildman–Crippen MR) is 46.2 cm³/mol. The molecule has 0 unspecified atom stereocenters. The van der Waals surface area contributed by atoms with Gasteiger partial charge in [0.2, 0.25) is 0 Å². The van der Waals surface area contributed by atoms with E-state index in [9.17, 15) is 0 Å². The second kappa shape index (κ2) is 5.03. The fourth-order valence-electron chi connectivity index (χ4n) is 0.784. The van der Waals surface area contributed by atoms with Crippen LogP contribution < -0.4 is 5.73 Å². The van der Waals surface area contributed by atoms with Gasteiger partial charge in [-0.05, 0) is 18.4 Å². The van der Waals surface area contributed by atoms with E-state index in [4.69, 9.17) is 5.73 Å². The maximum absolute atomic E-state index is 5.70. The van der Waals surface area contributed by atoms with Gasteiger partial charge in [0.05, 0.1) is 0 Å². The van der Waals surface area contributed by atoms with Crippen LogP contribution in [0.2, 0.25) is 0 Å². The summed E-state index contributed by atoms with van der Waals surface area (Å²) < 4.78 is 0. The van der Waals surface area contributed by atoms with Crippen LogP contribution in [0, 0.1) is 0 Å². The molecule has 0 atom stereocenters. The molecule has 0 aromatic carbocycles. The molecule has 0 fully saturated rings. The van der Waals surface area contributed by atoms with Crippen LogP contribution in [0.3, 0.4) is 0 Å². The minimum atomic E-state index is 0.912.